The highest BCUT2D eigenvalue weighted by Gasteiger charge is 2.59. The minimum atomic E-state index is -1.01. The van der Waals surface area contributed by atoms with Gasteiger partial charge in [0, 0.05) is 5.56 Å². The van der Waals surface area contributed by atoms with Crippen LogP contribution in [0.3, 0.4) is 0 Å². The van der Waals surface area contributed by atoms with Crippen molar-refractivity contribution in [2.45, 2.75) is 19.4 Å². The lowest BCUT2D eigenvalue weighted by molar-refractivity contribution is -0.123. The average molecular weight is 415 g/mol. The molecule has 0 N–H and O–H groups in total. The van der Waals surface area contributed by atoms with Crippen LogP contribution in [0.2, 0.25) is 0 Å². The molecule has 5 rings (SSSR count). The van der Waals surface area contributed by atoms with Gasteiger partial charge in [0.1, 0.15) is 0 Å². The van der Waals surface area contributed by atoms with Crippen LogP contribution in [0.25, 0.3) is 0 Å². The summed E-state index contributed by atoms with van der Waals surface area (Å²) in [4.78, 5) is 52.9. The van der Waals surface area contributed by atoms with Crippen LogP contribution in [0.5, 0.6) is 0 Å². The van der Waals surface area contributed by atoms with Gasteiger partial charge in [0.2, 0.25) is 17.6 Å². The summed E-state index contributed by atoms with van der Waals surface area (Å²) >= 11 is 0. The number of esters is 1. The number of amides is 2. The molecule has 6 heteroatoms. The molecule has 5 atom stereocenters. The SMILES string of the molecule is C[C@@H](OC(=O)c1ccccc1N1C(=O)[C@@H]2[C@H](C1=O)[C@H]1C=C[C@H]2C1)C(=O)c1ccccc1. The van der Waals surface area contributed by atoms with Crippen molar-refractivity contribution >= 4 is 29.3 Å². The zero-order valence-electron chi connectivity index (χ0n) is 16.9. The molecular formula is C25H21NO5. The lowest BCUT2D eigenvalue weighted by Crippen LogP contribution is -2.34. The van der Waals surface area contributed by atoms with E-state index >= 15 is 0 Å². The second-order valence-electron chi connectivity index (χ2n) is 8.31. The number of carbonyl (C=O) groups is 4. The number of fused-ring (bicyclic) bond motifs is 5. The van der Waals surface area contributed by atoms with Gasteiger partial charge in [-0.2, -0.15) is 0 Å². The average Bonchev–Trinajstić information content (AvgIpc) is 3.47. The van der Waals surface area contributed by atoms with Gasteiger partial charge in [0.25, 0.3) is 0 Å². The summed E-state index contributed by atoms with van der Waals surface area (Å²) in [5, 5.41) is 0. The summed E-state index contributed by atoms with van der Waals surface area (Å²) in [7, 11) is 0. The highest BCUT2D eigenvalue weighted by atomic mass is 16.5. The lowest BCUT2D eigenvalue weighted by atomic mass is 9.85. The Bertz CT molecular complexity index is 1090. The number of para-hydroxylation sites is 1. The molecule has 156 valence electrons. The molecule has 2 aromatic carbocycles. The van der Waals surface area contributed by atoms with E-state index in [2.05, 4.69) is 0 Å². The van der Waals surface area contributed by atoms with Gasteiger partial charge in [-0.25, -0.2) is 9.69 Å². The van der Waals surface area contributed by atoms with E-state index in [-0.39, 0.29) is 52.5 Å². The fraction of sp³-hybridized carbons (Fsp3) is 0.280. The summed E-state index contributed by atoms with van der Waals surface area (Å²) in [6.07, 6.45) is 3.88. The molecule has 1 saturated carbocycles. The molecule has 2 bridgehead atoms. The molecule has 0 aromatic heterocycles. The molecule has 1 saturated heterocycles. The van der Waals surface area contributed by atoms with Crippen LogP contribution in [0.1, 0.15) is 34.1 Å². The Morgan fingerprint density at radius 2 is 1.48 bits per heavy atom. The number of carbonyl (C=O) groups excluding carboxylic acids is 4. The molecule has 0 radical (unpaired) electrons. The highest BCUT2D eigenvalue weighted by molar-refractivity contribution is 6.24. The molecule has 2 fully saturated rings. The van der Waals surface area contributed by atoms with Crippen molar-refractivity contribution < 1.29 is 23.9 Å². The maximum Gasteiger partial charge on any atom is 0.340 e. The Balaban J connectivity index is 1.40. The van der Waals surface area contributed by atoms with E-state index in [1.54, 1.807) is 48.5 Å². The predicted octanol–water partition coefficient (Wildman–Crippen LogP) is 3.43. The van der Waals surface area contributed by atoms with Crippen molar-refractivity contribution in [3.63, 3.8) is 0 Å². The number of allylic oxidation sites excluding steroid dienone is 2. The quantitative estimate of drug-likeness (QED) is 0.324. The number of imide groups is 1. The molecule has 3 aliphatic rings. The van der Waals surface area contributed by atoms with Gasteiger partial charge < -0.3 is 4.74 Å². The largest absolute Gasteiger partial charge is 0.451 e. The summed E-state index contributed by atoms with van der Waals surface area (Å²) in [6, 6.07) is 15.0. The zero-order chi connectivity index (χ0) is 21.7. The third-order valence-corrected chi connectivity index (χ3v) is 6.55. The van der Waals surface area contributed by atoms with Crippen LogP contribution in [-0.4, -0.2) is 29.7 Å². The molecule has 0 unspecified atom stereocenters. The number of ketones is 1. The monoisotopic (exact) mass is 415 g/mol. The molecule has 2 amide bonds. The maximum absolute atomic E-state index is 13.1. The van der Waals surface area contributed by atoms with E-state index in [0.717, 1.165) is 11.3 Å². The standard InChI is InChI=1S/C25H21NO5/c1-14(22(27)15-7-3-2-4-8-15)31-25(30)18-9-5-6-10-19(18)26-23(28)20-16-11-12-17(13-16)21(20)24(26)29/h2-12,14,16-17,20-21H,13H2,1H3/t14-,16+,17+,20-,21+/m1/s1. The Labute approximate surface area is 179 Å². The smallest absolute Gasteiger partial charge is 0.340 e. The van der Waals surface area contributed by atoms with Crippen LogP contribution in [0.4, 0.5) is 5.69 Å². The van der Waals surface area contributed by atoms with Crippen LogP contribution in [-0.2, 0) is 14.3 Å². The van der Waals surface area contributed by atoms with Crippen molar-refractivity contribution in [3.8, 4) is 0 Å². The Morgan fingerprint density at radius 3 is 2.13 bits per heavy atom. The molecular weight excluding hydrogens is 394 g/mol. The minimum absolute atomic E-state index is 0.0825. The lowest BCUT2D eigenvalue weighted by Gasteiger charge is -2.20. The Morgan fingerprint density at radius 1 is 0.903 bits per heavy atom. The van der Waals surface area contributed by atoms with Crippen molar-refractivity contribution in [2.24, 2.45) is 23.7 Å². The highest BCUT2D eigenvalue weighted by Crippen LogP contribution is 2.53. The summed E-state index contributed by atoms with van der Waals surface area (Å²) in [5.74, 6) is -2.14. The number of nitrogens with zero attached hydrogens (tertiary/aromatic N) is 1. The van der Waals surface area contributed by atoms with Crippen LogP contribution >= 0.6 is 0 Å². The number of hydrogen-bond donors (Lipinski definition) is 0. The number of hydrogen-bond acceptors (Lipinski definition) is 5. The second kappa shape index (κ2) is 7.30. The number of ether oxygens (including phenoxy) is 1. The van der Waals surface area contributed by atoms with Crippen LogP contribution in [0.15, 0.2) is 66.7 Å². The third-order valence-electron chi connectivity index (χ3n) is 6.55. The number of rotatable bonds is 5. The van der Waals surface area contributed by atoms with Gasteiger partial charge in [-0.05, 0) is 37.3 Å². The first-order chi connectivity index (χ1) is 15.0. The topological polar surface area (TPSA) is 80.8 Å². The van der Waals surface area contributed by atoms with Gasteiger partial charge in [0.15, 0.2) is 6.10 Å². The van der Waals surface area contributed by atoms with Crippen LogP contribution < -0.4 is 4.90 Å². The van der Waals surface area contributed by atoms with Gasteiger partial charge in [0.05, 0.1) is 23.1 Å². The fourth-order valence-electron chi connectivity index (χ4n) is 5.10. The first kappa shape index (κ1) is 19.4. The number of benzene rings is 2. The van der Waals surface area contributed by atoms with E-state index in [0.29, 0.717) is 5.56 Å². The number of anilines is 1. The Kier molecular flexibility index (Phi) is 4.58. The first-order valence-electron chi connectivity index (χ1n) is 10.4. The Hall–Kier alpha value is -3.54. The molecule has 1 heterocycles. The normalized spacial score (nSPS) is 26.8. The number of Topliss-reactive ketones (excluding diaryl/α,β-unsaturated/α-hetero) is 1. The summed E-state index contributed by atoms with van der Waals surface area (Å²) in [6.45, 7) is 1.51. The summed E-state index contributed by atoms with van der Waals surface area (Å²) in [5.41, 5.74) is 0.754. The second-order valence-corrected chi connectivity index (χ2v) is 8.31. The molecule has 6 nitrogen and oxygen atoms in total. The van der Waals surface area contributed by atoms with Crippen molar-refractivity contribution in [1.82, 2.24) is 0 Å². The van der Waals surface area contributed by atoms with Crippen molar-refractivity contribution in [1.29, 1.82) is 0 Å². The van der Waals surface area contributed by atoms with Gasteiger partial charge in [-0.15, -0.1) is 0 Å². The van der Waals surface area contributed by atoms with Gasteiger partial charge >= 0.3 is 5.97 Å². The van der Waals surface area contributed by atoms with Crippen LogP contribution in [0, 0.1) is 23.7 Å². The molecule has 2 aromatic rings. The minimum Gasteiger partial charge on any atom is -0.451 e. The van der Waals surface area contributed by atoms with E-state index in [1.165, 1.54) is 13.0 Å². The molecule has 1 aliphatic heterocycles. The molecule has 31 heavy (non-hydrogen) atoms. The van der Waals surface area contributed by atoms with E-state index in [1.807, 2.05) is 12.2 Å². The van der Waals surface area contributed by atoms with Crippen molar-refractivity contribution in [2.75, 3.05) is 4.90 Å². The van der Waals surface area contributed by atoms with E-state index < -0.39 is 12.1 Å². The summed E-state index contributed by atoms with van der Waals surface area (Å²) < 4.78 is 5.42. The zero-order valence-corrected chi connectivity index (χ0v) is 16.9. The van der Waals surface area contributed by atoms with Gasteiger partial charge in [-0.3, -0.25) is 14.4 Å². The van der Waals surface area contributed by atoms with E-state index in [9.17, 15) is 19.2 Å². The predicted molar refractivity (Wildman–Crippen MR) is 112 cm³/mol. The molecule has 2 aliphatic carbocycles. The maximum atomic E-state index is 13.1. The molecule has 0 spiro atoms. The van der Waals surface area contributed by atoms with Crippen molar-refractivity contribution in [3.05, 3.63) is 77.9 Å². The van der Waals surface area contributed by atoms with E-state index in [4.69, 9.17) is 4.74 Å². The first-order valence-corrected chi connectivity index (χ1v) is 10.4. The van der Waals surface area contributed by atoms with Gasteiger partial charge in [-0.1, -0.05) is 54.6 Å². The third kappa shape index (κ3) is 3.02. The fourth-order valence-corrected chi connectivity index (χ4v) is 5.10.